The van der Waals surface area contributed by atoms with Gasteiger partial charge >= 0.3 is 6.09 Å². The molecule has 0 saturated carbocycles. The van der Waals surface area contributed by atoms with Crippen LogP contribution in [0.1, 0.15) is 11.1 Å². The summed E-state index contributed by atoms with van der Waals surface area (Å²) in [5.41, 5.74) is 2.03. The van der Waals surface area contributed by atoms with Crippen LogP contribution in [0.2, 0.25) is 0 Å². The van der Waals surface area contributed by atoms with Gasteiger partial charge in [0.1, 0.15) is 25.2 Å². The molecule has 0 unspecified atom stereocenters. The van der Waals surface area contributed by atoms with Crippen molar-refractivity contribution in [2.75, 3.05) is 26.4 Å². The summed E-state index contributed by atoms with van der Waals surface area (Å²) in [4.78, 5) is 22.5. The van der Waals surface area contributed by atoms with E-state index in [4.69, 9.17) is 14.6 Å². The first-order valence-electron chi connectivity index (χ1n) is 6.45. The van der Waals surface area contributed by atoms with Crippen molar-refractivity contribution in [3.05, 3.63) is 29.3 Å². The number of aldehydes is 1. The Morgan fingerprint density at radius 1 is 1.40 bits per heavy atom. The van der Waals surface area contributed by atoms with Crippen LogP contribution in [-0.2, 0) is 22.5 Å². The number of benzene rings is 1. The van der Waals surface area contributed by atoms with Crippen LogP contribution in [0, 0.1) is 0 Å². The first-order valence-corrected chi connectivity index (χ1v) is 6.45. The predicted octanol–water partition coefficient (Wildman–Crippen LogP) is 1.32. The molecule has 1 aromatic rings. The van der Waals surface area contributed by atoms with Gasteiger partial charge in [-0.2, -0.15) is 0 Å². The van der Waals surface area contributed by atoms with Crippen LogP contribution >= 0.6 is 0 Å². The molecule has 1 N–H and O–H groups in total. The number of amides is 1. The molecular weight excluding hydrogens is 262 g/mol. The van der Waals surface area contributed by atoms with E-state index in [2.05, 4.69) is 0 Å². The van der Waals surface area contributed by atoms with Gasteiger partial charge in [0.2, 0.25) is 0 Å². The summed E-state index contributed by atoms with van der Waals surface area (Å²) in [6, 6.07) is 5.64. The quantitative estimate of drug-likeness (QED) is 0.627. The maximum absolute atomic E-state index is 11.0. The van der Waals surface area contributed by atoms with E-state index in [1.54, 1.807) is 0 Å². The second kappa shape index (κ2) is 6.91. The predicted molar refractivity (Wildman–Crippen MR) is 71.0 cm³/mol. The SMILES string of the molecule is O=CCOCCOc1cccc2c1CCN(C(=O)O)C2. The molecule has 6 nitrogen and oxygen atoms in total. The standard InChI is InChI=1S/C14H17NO5/c16-6-7-19-8-9-20-13-3-1-2-11-10-15(14(17)18)5-4-12(11)13/h1-3,6H,4-5,7-10H2,(H,17,18). The molecule has 0 saturated heterocycles. The number of carbonyl (C=O) groups is 2. The maximum atomic E-state index is 11.0. The summed E-state index contributed by atoms with van der Waals surface area (Å²) in [7, 11) is 0. The highest BCUT2D eigenvalue weighted by Gasteiger charge is 2.22. The Balaban J connectivity index is 1.97. The molecule has 1 aliphatic heterocycles. The Labute approximate surface area is 116 Å². The van der Waals surface area contributed by atoms with E-state index in [0.717, 1.165) is 16.9 Å². The van der Waals surface area contributed by atoms with E-state index < -0.39 is 6.09 Å². The van der Waals surface area contributed by atoms with E-state index in [1.807, 2.05) is 18.2 Å². The first-order chi connectivity index (χ1) is 9.72. The Kier molecular flexibility index (Phi) is 4.95. The van der Waals surface area contributed by atoms with Crippen molar-refractivity contribution in [3.63, 3.8) is 0 Å². The van der Waals surface area contributed by atoms with Crippen LogP contribution in [0.4, 0.5) is 4.79 Å². The third-order valence-corrected chi connectivity index (χ3v) is 3.16. The molecule has 1 aliphatic rings. The minimum atomic E-state index is -0.899. The van der Waals surface area contributed by atoms with Crippen LogP contribution in [0.5, 0.6) is 5.75 Å². The van der Waals surface area contributed by atoms with Gasteiger partial charge in [-0.1, -0.05) is 12.1 Å². The lowest BCUT2D eigenvalue weighted by atomic mass is 9.99. The fourth-order valence-corrected chi connectivity index (χ4v) is 2.21. The lowest BCUT2D eigenvalue weighted by Gasteiger charge is -2.27. The van der Waals surface area contributed by atoms with Gasteiger partial charge in [-0.3, -0.25) is 0 Å². The molecule has 0 fully saturated rings. The average Bonchev–Trinajstić information content (AvgIpc) is 2.46. The molecule has 0 radical (unpaired) electrons. The van der Waals surface area contributed by atoms with Crippen molar-refractivity contribution in [2.45, 2.75) is 13.0 Å². The lowest BCUT2D eigenvalue weighted by Crippen LogP contribution is -2.34. The van der Waals surface area contributed by atoms with Gasteiger partial charge in [-0.05, 0) is 18.1 Å². The van der Waals surface area contributed by atoms with Gasteiger partial charge in [0.15, 0.2) is 0 Å². The Bertz CT molecular complexity index is 488. The maximum Gasteiger partial charge on any atom is 0.407 e. The summed E-state index contributed by atoms with van der Waals surface area (Å²) in [6.45, 7) is 1.66. The number of carboxylic acid groups (broad SMARTS) is 1. The molecule has 2 rings (SSSR count). The second-order valence-corrected chi connectivity index (χ2v) is 4.44. The number of hydrogen-bond donors (Lipinski definition) is 1. The van der Waals surface area contributed by atoms with Crippen LogP contribution in [0.15, 0.2) is 18.2 Å². The monoisotopic (exact) mass is 279 g/mol. The first kappa shape index (κ1) is 14.3. The molecule has 1 amide bonds. The molecule has 0 aliphatic carbocycles. The molecule has 1 heterocycles. The minimum Gasteiger partial charge on any atom is -0.491 e. The number of ether oxygens (including phenoxy) is 2. The van der Waals surface area contributed by atoms with Gasteiger partial charge in [-0.25, -0.2) is 4.79 Å². The van der Waals surface area contributed by atoms with Gasteiger partial charge < -0.3 is 24.3 Å². The van der Waals surface area contributed by atoms with Gasteiger partial charge in [0.05, 0.1) is 6.61 Å². The van der Waals surface area contributed by atoms with Crippen molar-refractivity contribution in [2.24, 2.45) is 0 Å². The van der Waals surface area contributed by atoms with E-state index in [0.29, 0.717) is 39.0 Å². The van der Waals surface area contributed by atoms with E-state index in [1.165, 1.54) is 4.90 Å². The van der Waals surface area contributed by atoms with E-state index >= 15 is 0 Å². The number of hydrogen-bond acceptors (Lipinski definition) is 4. The molecule has 108 valence electrons. The summed E-state index contributed by atoms with van der Waals surface area (Å²) in [5, 5.41) is 9.01. The van der Waals surface area contributed by atoms with Crippen molar-refractivity contribution < 1.29 is 24.2 Å². The minimum absolute atomic E-state index is 0.0732. The lowest BCUT2D eigenvalue weighted by molar-refractivity contribution is -0.112. The molecule has 0 atom stereocenters. The third-order valence-electron chi connectivity index (χ3n) is 3.16. The molecule has 6 heteroatoms. The number of nitrogens with zero attached hydrogens (tertiary/aromatic N) is 1. The fraction of sp³-hybridized carbons (Fsp3) is 0.429. The molecule has 1 aromatic carbocycles. The normalized spacial score (nSPS) is 13.7. The summed E-state index contributed by atoms with van der Waals surface area (Å²) < 4.78 is 10.7. The van der Waals surface area contributed by atoms with E-state index in [9.17, 15) is 9.59 Å². The number of fused-ring (bicyclic) bond motifs is 1. The highest BCUT2D eigenvalue weighted by molar-refractivity contribution is 5.65. The molecule has 20 heavy (non-hydrogen) atoms. The van der Waals surface area contributed by atoms with Gasteiger partial charge in [0, 0.05) is 18.7 Å². The zero-order valence-corrected chi connectivity index (χ0v) is 11.1. The molecule has 0 bridgehead atoms. The zero-order chi connectivity index (χ0) is 14.4. The van der Waals surface area contributed by atoms with Crippen LogP contribution in [-0.4, -0.2) is 48.8 Å². The number of carbonyl (C=O) groups excluding carboxylic acids is 1. The second-order valence-electron chi connectivity index (χ2n) is 4.44. The highest BCUT2D eigenvalue weighted by Crippen LogP contribution is 2.27. The molecule has 0 aromatic heterocycles. The average molecular weight is 279 g/mol. The Hall–Kier alpha value is -2.08. The van der Waals surface area contributed by atoms with Crippen molar-refractivity contribution in [1.29, 1.82) is 0 Å². The largest absolute Gasteiger partial charge is 0.491 e. The molecular formula is C14H17NO5. The Morgan fingerprint density at radius 3 is 3.00 bits per heavy atom. The smallest absolute Gasteiger partial charge is 0.407 e. The third kappa shape index (κ3) is 3.48. The number of rotatable bonds is 6. The Morgan fingerprint density at radius 2 is 2.25 bits per heavy atom. The van der Waals surface area contributed by atoms with Crippen molar-refractivity contribution >= 4 is 12.4 Å². The van der Waals surface area contributed by atoms with Gasteiger partial charge in [-0.15, -0.1) is 0 Å². The highest BCUT2D eigenvalue weighted by atomic mass is 16.5. The fourth-order valence-electron chi connectivity index (χ4n) is 2.21. The molecule has 0 spiro atoms. The summed E-state index contributed by atoms with van der Waals surface area (Å²) >= 11 is 0. The van der Waals surface area contributed by atoms with Crippen LogP contribution in [0.3, 0.4) is 0 Å². The summed E-state index contributed by atoms with van der Waals surface area (Å²) in [5.74, 6) is 0.766. The topological polar surface area (TPSA) is 76.1 Å². The zero-order valence-electron chi connectivity index (χ0n) is 11.1. The van der Waals surface area contributed by atoms with E-state index in [-0.39, 0.29) is 6.61 Å². The summed E-state index contributed by atoms with van der Waals surface area (Å²) in [6.07, 6.45) is 0.446. The van der Waals surface area contributed by atoms with Crippen LogP contribution < -0.4 is 4.74 Å². The van der Waals surface area contributed by atoms with Gasteiger partial charge in [0.25, 0.3) is 0 Å². The van der Waals surface area contributed by atoms with Crippen molar-refractivity contribution in [1.82, 2.24) is 4.90 Å². The van der Waals surface area contributed by atoms with Crippen LogP contribution in [0.25, 0.3) is 0 Å². The van der Waals surface area contributed by atoms with Crippen molar-refractivity contribution in [3.8, 4) is 5.75 Å².